The molecule has 0 saturated carbocycles. The Bertz CT molecular complexity index is 1700. The zero-order chi connectivity index (χ0) is 26.5. The maximum Gasteiger partial charge on any atom is 0.155 e. The second kappa shape index (κ2) is 10.5. The van der Waals surface area contributed by atoms with Crippen molar-refractivity contribution >= 4 is 38.5 Å². The van der Waals surface area contributed by atoms with E-state index in [1.807, 2.05) is 18.3 Å². The molecule has 1 N–H and O–H groups in total. The fourth-order valence-corrected chi connectivity index (χ4v) is 5.62. The van der Waals surface area contributed by atoms with Gasteiger partial charge in [0.2, 0.25) is 0 Å². The number of fused-ring (bicyclic) bond motifs is 4. The van der Waals surface area contributed by atoms with E-state index in [9.17, 15) is 4.79 Å². The number of ketones is 1. The van der Waals surface area contributed by atoms with Crippen molar-refractivity contribution in [3.05, 3.63) is 89.3 Å². The van der Waals surface area contributed by atoms with Gasteiger partial charge in [-0.05, 0) is 70.8 Å². The van der Waals surface area contributed by atoms with Gasteiger partial charge in [0, 0.05) is 37.8 Å². The van der Waals surface area contributed by atoms with Crippen molar-refractivity contribution in [2.75, 3.05) is 0 Å². The number of hydrogen-bond donors (Lipinski definition) is 1. The van der Waals surface area contributed by atoms with Crippen molar-refractivity contribution in [1.29, 1.82) is 0 Å². The summed E-state index contributed by atoms with van der Waals surface area (Å²) < 4.78 is 6.22. The molecule has 0 atom stereocenters. The normalized spacial score (nSPS) is 13.7. The maximum absolute atomic E-state index is 10.0. The zero-order valence-electron chi connectivity index (χ0n) is 22.6. The minimum atomic E-state index is -0.221. The number of carbonyl (C=O) groups is 1. The molecule has 3 aromatic carbocycles. The molecular weight excluding hydrogens is 651 g/mol. The Morgan fingerprint density at radius 3 is 2.50 bits per heavy atom. The van der Waals surface area contributed by atoms with Crippen LogP contribution in [0, 0.1) is 12.0 Å². The summed E-state index contributed by atoms with van der Waals surface area (Å²) in [5.41, 5.74) is 7.67. The number of nitrogens with zero attached hydrogens (tertiary/aromatic N) is 1. The maximum atomic E-state index is 10.0. The fourth-order valence-electron chi connectivity index (χ4n) is 5.62. The van der Waals surface area contributed by atoms with Crippen molar-refractivity contribution in [1.82, 2.24) is 4.98 Å². The van der Waals surface area contributed by atoms with Crippen molar-refractivity contribution < 1.29 is 34.4 Å². The topological polar surface area (TPSA) is 63.3 Å². The Morgan fingerprint density at radius 1 is 1.11 bits per heavy atom. The summed E-state index contributed by atoms with van der Waals surface area (Å²) in [5, 5.41) is 13.2. The number of aromatic nitrogens is 1. The third-order valence-electron chi connectivity index (χ3n) is 7.00. The van der Waals surface area contributed by atoms with Crippen LogP contribution in [0.1, 0.15) is 58.2 Å². The number of aliphatic hydroxyl groups is 1. The number of furan rings is 1. The molecule has 2 heterocycles. The molecule has 1 aliphatic carbocycles. The quantitative estimate of drug-likeness (QED) is 0.118. The van der Waals surface area contributed by atoms with Crippen molar-refractivity contribution in [2.45, 2.75) is 53.4 Å². The monoisotopic (exact) mass is 683 g/mol. The van der Waals surface area contributed by atoms with Gasteiger partial charge in [0.25, 0.3) is 0 Å². The molecule has 0 fully saturated rings. The molecule has 1 aliphatic rings. The van der Waals surface area contributed by atoms with Gasteiger partial charge in [-0.1, -0.05) is 69.5 Å². The van der Waals surface area contributed by atoms with E-state index in [1.165, 1.54) is 52.8 Å². The molecule has 1 radical (unpaired) electrons. The molecule has 0 saturated heterocycles. The molecule has 5 heteroatoms. The average Bonchev–Trinajstić information content (AvgIpc) is 3.17. The van der Waals surface area contributed by atoms with Gasteiger partial charge in [0.15, 0.2) is 5.78 Å². The largest absolute Gasteiger partial charge is 0.512 e. The second-order valence-corrected chi connectivity index (χ2v) is 10.9. The first kappa shape index (κ1) is 27.8. The molecule has 6 rings (SSSR count). The summed E-state index contributed by atoms with van der Waals surface area (Å²) in [6, 6.07) is 20.8. The van der Waals surface area contributed by atoms with Crippen LogP contribution in [0.4, 0.5) is 0 Å². The minimum Gasteiger partial charge on any atom is -0.512 e. The van der Waals surface area contributed by atoms with E-state index >= 15 is 0 Å². The first-order chi connectivity index (χ1) is 17.6. The SMILES string of the molecule is CC(=O)/C=C(/C)O.CC(C)Cc1ccc2cnc3c(c2c1)C(C)(C)c1cccc2oc4cc[c-]c-3c4c12.[Ir]. The van der Waals surface area contributed by atoms with Crippen molar-refractivity contribution in [3.63, 3.8) is 0 Å². The molecule has 0 aliphatic heterocycles. The van der Waals surface area contributed by atoms with Gasteiger partial charge in [-0.2, -0.15) is 0 Å². The Balaban J connectivity index is 0.000000375. The molecular formula is C33H32IrNO3-. The van der Waals surface area contributed by atoms with Crippen LogP contribution < -0.4 is 0 Å². The first-order valence-corrected chi connectivity index (χ1v) is 12.7. The average molecular weight is 683 g/mol. The second-order valence-electron chi connectivity index (χ2n) is 10.9. The first-order valence-electron chi connectivity index (χ1n) is 12.7. The van der Waals surface area contributed by atoms with Crippen LogP contribution in [0.2, 0.25) is 0 Å². The van der Waals surface area contributed by atoms with Gasteiger partial charge in [0.05, 0.1) is 11.3 Å². The number of hydrogen-bond acceptors (Lipinski definition) is 4. The van der Waals surface area contributed by atoms with Crippen LogP contribution in [0.5, 0.6) is 0 Å². The summed E-state index contributed by atoms with van der Waals surface area (Å²) in [6.07, 6.45) is 4.26. The van der Waals surface area contributed by atoms with Crippen LogP contribution in [-0.4, -0.2) is 15.9 Å². The van der Waals surface area contributed by atoms with Gasteiger partial charge >= 0.3 is 0 Å². The van der Waals surface area contributed by atoms with E-state index in [2.05, 4.69) is 70.2 Å². The third-order valence-corrected chi connectivity index (χ3v) is 7.00. The molecule has 0 unspecified atom stereocenters. The standard InChI is InChI=1S/C28H24NO.C5H8O2.Ir/c1-16(2)13-17-11-12-18-15-29-27-19-7-5-9-22-24(19)25-21(8-6-10-23(25)30-22)28(3,4)26(27)20(18)14-17;1-4(6)3-5(2)7;/h5-6,8-12,14-16H,13H2,1-4H3;3,6H,1-2H3;/q-1;;/b;4-3-;. The smallest absolute Gasteiger partial charge is 0.155 e. The van der Waals surface area contributed by atoms with E-state index in [4.69, 9.17) is 14.5 Å². The minimum absolute atomic E-state index is 0. The summed E-state index contributed by atoms with van der Waals surface area (Å²) in [5.74, 6) is 0.561. The molecule has 0 bridgehead atoms. The molecule has 4 nitrogen and oxygen atoms in total. The van der Waals surface area contributed by atoms with Crippen LogP contribution >= 0.6 is 0 Å². The molecule has 5 aromatic rings. The Morgan fingerprint density at radius 2 is 1.84 bits per heavy atom. The summed E-state index contributed by atoms with van der Waals surface area (Å²) in [7, 11) is 0. The fraction of sp³-hybridized carbons (Fsp3) is 0.273. The molecule has 0 amide bonds. The molecule has 197 valence electrons. The van der Waals surface area contributed by atoms with Crippen molar-refractivity contribution in [2.24, 2.45) is 5.92 Å². The van der Waals surface area contributed by atoms with Gasteiger partial charge in [0.1, 0.15) is 5.58 Å². The predicted molar refractivity (Wildman–Crippen MR) is 151 cm³/mol. The Labute approximate surface area is 237 Å². The van der Waals surface area contributed by atoms with E-state index in [-0.39, 0.29) is 37.1 Å². The Hall–Kier alpha value is -3.27. The van der Waals surface area contributed by atoms with Crippen LogP contribution in [0.25, 0.3) is 44.0 Å². The van der Waals surface area contributed by atoms with E-state index in [0.29, 0.717) is 5.92 Å². The van der Waals surface area contributed by atoms with Gasteiger partial charge in [-0.15, -0.1) is 17.7 Å². The van der Waals surface area contributed by atoms with E-state index in [0.717, 1.165) is 34.2 Å². The molecule has 0 spiro atoms. The van der Waals surface area contributed by atoms with Crippen molar-refractivity contribution in [3.8, 4) is 11.3 Å². The van der Waals surface area contributed by atoms with Gasteiger partial charge in [-0.25, -0.2) is 0 Å². The van der Waals surface area contributed by atoms with Crippen LogP contribution in [0.3, 0.4) is 0 Å². The Kier molecular flexibility index (Phi) is 7.65. The summed E-state index contributed by atoms with van der Waals surface area (Å²) in [4.78, 5) is 15.0. The number of benzene rings is 3. The zero-order valence-corrected chi connectivity index (χ0v) is 25.0. The van der Waals surface area contributed by atoms with Gasteiger partial charge < -0.3 is 14.5 Å². The number of rotatable bonds is 3. The van der Waals surface area contributed by atoms with Gasteiger partial charge in [-0.3, -0.25) is 4.79 Å². The van der Waals surface area contributed by atoms with Crippen LogP contribution in [-0.2, 0) is 36.7 Å². The molecule has 38 heavy (non-hydrogen) atoms. The summed E-state index contributed by atoms with van der Waals surface area (Å²) in [6.45, 7) is 12.0. The number of aliphatic hydroxyl groups excluding tert-OH is 1. The third kappa shape index (κ3) is 4.81. The predicted octanol–water partition coefficient (Wildman–Crippen LogP) is 8.47. The number of pyridine rings is 1. The summed E-state index contributed by atoms with van der Waals surface area (Å²) >= 11 is 0. The number of carbonyl (C=O) groups excluding carboxylic acids is 1. The van der Waals surface area contributed by atoms with Crippen LogP contribution in [0.15, 0.2) is 71.0 Å². The van der Waals surface area contributed by atoms with E-state index in [1.54, 1.807) is 0 Å². The molecule has 2 aromatic heterocycles. The number of allylic oxidation sites excluding steroid dienone is 2. The van der Waals surface area contributed by atoms with E-state index < -0.39 is 0 Å².